The SMILES string of the molecule is CC1(C)CNCCC1C(N)c1nc(-c2ccnc(Nc3nc(C4CC4)cs3)c2)nc2cncc(C3CC3)c12. The Morgan fingerprint density at radius 3 is 2.71 bits per heavy atom. The van der Waals surface area contributed by atoms with E-state index in [2.05, 4.69) is 39.8 Å². The van der Waals surface area contributed by atoms with Gasteiger partial charge in [0.05, 0.1) is 29.1 Å². The molecule has 2 atom stereocenters. The van der Waals surface area contributed by atoms with Gasteiger partial charge in [0.1, 0.15) is 5.82 Å². The molecule has 4 aromatic rings. The largest absolute Gasteiger partial charge is 0.322 e. The zero-order valence-electron chi connectivity index (χ0n) is 21.9. The van der Waals surface area contributed by atoms with Crippen LogP contribution in [0.15, 0.2) is 36.1 Å². The molecule has 0 amide bonds. The number of rotatable bonds is 7. The molecule has 1 saturated heterocycles. The van der Waals surface area contributed by atoms with Crippen LogP contribution in [0.1, 0.15) is 80.8 Å². The summed E-state index contributed by atoms with van der Waals surface area (Å²) >= 11 is 1.62. The highest BCUT2D eigenvalue weighted by Crippen LogP contribution is 2.46. The highest BCUT2D eigenvalue weighted by Gasteiger charge is 2.39. The maximum atomic E-state index is 7.14. The van der Waals surface area contributed by atoms with Crippen molar-refractivity contribution in [1.29, 1.82) is 0 Å². The molecule has 3 fully saturated rings. The van der Waals surface area contributed by atoms with Crippen LogP contribution in [0.4, 0.5) is 10.9 Å². The van der Waals surface area contributed by atoms with Crippen LogP contribution in [0.2, 0.25) is 0 Å². The number of piperidine rings is 1. The number of nitrogens with zero attached hydrogens (tertiary/aromatic N) is 5. The monoisotopic (exact) mass is 526 g/mol. The second-order valence-corrected chi connectivity index (χ2v) is 12.7. The second-order valence-electron chi connectivity index (χ2n) is 11.8. The Labute approximate surface area is 226 Å². The fraction of sp³-hybridized carbons (Fsp3) is 0.483. The minimum Gasteiger partial charge on any atom is -0.322 e. The highest BCUT2D eigenvalue weighted by atomic mass is 32.1. The zero-order valence-corrected chi connectivity index (χ0v) is 22.8. The van der Waals surface area contributed by atoms with Gasteiger partial charge in [-0.1, -0.05) is 13.8 Å². The van der Waals surface area contributed by atoms with Gasteiger partial charge < -0.3 is 16.4 Å². The summed E-state index contributed by atoms with van der Waals surface area (Å²) in [4.78, 5) is 24.1. The molecule has 8 nitrogen and oxygen atoms in total. The number of nitrogens with two attached hydrogens (primary N) is 1. The third kappa shape index (κ3) is 4.57. The van der Waals surface area contributed by atoms with E-state index in [1.54, 1.807) is 17.5 Å². The van der Waals surface area contributed by atoms with E-state index in [9.17, 15) is 0 Å². The van der Waals surface area contributed by atoms with Crippen LogP contribution in [0.25, 0.3) is 22.3 Å². The number of thiazole rings is 1. The lowest BCUT2D eigenvalue weighted by atomic mass is 9.70. The van der Waals surface area contributed by atoms with E-state index in [0.717, 1.165) is 52.6 Å². The summed E-state index contributed by atoms with van der Waals surface area (Å²) in [5, 5.41) is 11.1. The number of pyridine rings is 2. The molecule has 38 heavy (non-hydrogen) atoms. The molecule has 1 aliphatic heterocycles. The first kappa shape index (κ1) is 24.1. The molecule has 4 aromatic heterocycles. The van der Waals surface area contributed by atoms with E-state index in [1.165, 1.54) is 36.9 Å². The Balaban J connectivity index is 1.29. The molecule has 3 aliphatic rings. The van der Waals surface area contributed by atoms with Gasteiger partial charge >= 0.3 is 0 Å². The molecule has 0 aromatic carbocycles. The second kappa shape index (κ2) is 9.32. The van der Waals surface area contributed by atoms with Crippen molar-refractivity contribution in [2.24, 2.45) is 17.1 Å². The summed E-state index contributed by atoms with van der Waals surface area (Å²) in [7, 11) is 0. The van der Waals surface area contributed by atoms with Gasteiger partial charge in [-0.25, -0.2) is 19.9 Å². The van der Waals surface area contributed by atoms with Gasteiger partial charge in [0.25, 0.3) is 0 Å². The van der Waals surface area contributed by atoms with Crippen molar-refractivity contribution in [3.63, 3.8) is 0 Å². The Hall–Kier alpha value is -3.01. The highest BCUT2D eigenvalue weighted by molar-refractivity contribution is 7.13. The van der Waals surface area contributed by atoms with Crippen molar-refractivity contribution in [3.8, 4) is 11.4 Å². The van der Waals surface area contributed by atoms with Crippen molar-refractivity contribution >= 4 is 33.2 Å². The molecule has 0 radical (unpaired) electrons. The van der Waals surface area contributed by atoms with Gasteiger partial charge in [0.15, 0.2) is 11.0 Å². The first-order chi connectivity index (χ1) is 18.5. The first-order valence-corrected chi connectivity index (χ1v) is 14.6. The minimum absolute atomic E-state index is 0.0721. The quantitative estimate of drug-likeness (QED) is 0.282. The van der Waals surface area contributed by atoms with E-state index in [-0.39, 0.29) is 11.5 Å². The lowest BCUT2D eigenvalue weighted by Gasteiger charge is -2.42. The minimum atomic E-state index is -0.188. The number of hydrogen-bond donors (Lipinski definition) is 3. The molecule has 4 N–H and O–H groups in total. The fourth-order valence-corrected chi connectivity index (χ4v) is 6.72. The Bertz CT molecular complexity index is 1490. The third-order valence-electron chi connectivity index (χ3n) is 8.42. The summed E-state index contributed by atoms with van der Waals surface area (Å²) in [6, 6.07) is 3.78. The standard InChI is InChI=1S/C29H34N8S/c1-29(2)15-31-9-8-20(29)25(30)26-24-19(16-3-4-16)12-32-13-21(24)34-27(37-26)18-7-10-33-23(11-18)36-28-35-22(14-38-28)17-5-6-17/h7,10-14,16-17,20,25,31H,3-6,8-9,15,30H2,1-2H3,(H,33,35,36). The van der Waals surface area contributed by atoms with Crippen LogP contribution < -0.4 is 16.4 Å². The third-order valence-corrected chi connectivity index (χ3v) is 9.19. The Kier molecular flexibility index (Phi) is 5.90. The van der Waals surface area contributed by atoms with Crippen LogP contribution >= 0.6 is 11.3 Å². The molecule has 5 heterocycles. The Morgan fingerprint density at radius 2 is 1.92 bits per heavy atom. The molecule has 0 spiro atoms. The zero-order chi connectivity index (χ0) is 25.9. The Morgan fingerprint density at radius 1 is 1.08 bits per heavy atom. The topological polar surface area (TPSA) is 115 Å². The number of aromatic nitrogens is 5. The molecular formula is C29H34N8S. The van der Waals surface area contributed by atoms with E-state index in [0.29, 0.717) is 23.6 Å². The molecule has 2 unspecified atom stereocenters. The smallest absolute Gasteiger partial charge is 0.188 e. The van der Waals surface area contributed by atoms with Crippen LogP contribution in [0.3, 0.4) is 0 Å². The maximum absolute atomic E-state index is 7.14. The van der Waals surface area contributed by atoms with Crippen molar-refractivity contribution in [2.45, 2.75) is 63.8 Å². The number of nitrogens with one attached hydrogen (secondary N) is 2. The van der Waals surface area contributed by atoms with E-state index in [4.69, 9.17) is 20.7 Å². The normalized spacial score (nSPS) is 21.9. The van der Waals surface area contributed by atoms with Crippen molar-refractivity contribution in [3.05, 3.63) is 53.1 Å². The predicted molar refractivity (Wildman–Crippen MR) is 152 cm³/mol. The van der Waals surface area contributed by atoms with E-state index < -0.39 is 0 Å². The number of hydrogen-bond acceptors (Lipinski definition) is 9. The van der Waals surface area contributed by atoms with Crippen molar-refractivity contribution in [1.82, 2.24) is 30.2 Å². The van der Waals surface area contributed by atoms with E-state index in [1.807, 2.05) is 24.5 Å². The number of fused-ring (bicyclic) bond motifs is 1. The lowest BCUT2D eigenvalue weighted by molar-refractivity contribution is 0.128. The van der Waals surface area contributed by atoms with Gasteiger partial charge in [0, 0.05) is 41.2 Å². The van der Waals surface area contributed by atoms with Gasteiger partial charge in [0.2, 0.25) is 0 Å². The summed E-state index contributed by atoms with van der Waals surface area (Å²) in [5.41, 5.74) is 12.4. The fourth-order valence-electron chi connectivity index (χ4n) is 5.92. The number of anilines is 2. The van der Waals surface area contributed by atoms with Gasteiger partial charge in [-0.2, -0.15) is 0 Å². The lowest BCUT2D eigenvalue weighted by Crippen LogP contribution is -2.47. The summed E-state index contributed by atoms with van der Waals surface area (Å²) < 4.78 is 0. The van der Waals surface area contributed by atoms with Crippen molar-refractivity contribution in [2.75, 3.05) is 18.4 Å². The summed E-state index contributed by atoms with van der Waals surface area (Å²) in [6.07, 6.45) is 11.6. The van der Waals surface area contributed by atoms with Gasteiger partial charge in [-0.05, 0) is 73.6 Å². The van der Waals surface area contributed by atoms with Crippen LogP contribution in [0, 0.1) is 11.3 Å². The van der Waals surface area contributed by atoms with Gasteiger partial charge in [-0.3, -0.25) is 4.98 Å². The molecule has 2 saturated carbocycles. The molecule has 9 heteroatoms. The van der Waals surface area contributed by atoms with Crippen molar-refractivity contribution < 1.29 is 0 Å². The molecular weight excluding hydrogens is 492 g/mol. The van der Waals surface area contributed by atoms with Gasteiger partial charge in [-0.15, -0.1) is 11.3 Å². The average Bonchev–Trinajstić information content (AvgIpc) is 3.86. The molecule has 196 valence electrons. The maximum Gasteiger partial charge on any atom is 0.188 e. The average molecular weight is 527 g/mol. The molecule has 7 rings (SSSR count). The van der Waals surface area contributed by atoms with E-state index >= 15 is 0 Å². The first-order valence-electron chi connectivity index (χ1n) is 13.8. The molecule has 2 aliphatic carbocycles. The van der Waals surface area contributed by atoms with Crippen LogP contribution in [-0.2, 0) is 0 Å². The summed E-state index contributed by atoms with van der Waals surface area (Å²) in [5.74, 6) is 2.87. The van der Waals surface area contributed by atoms with Crippen LogP contribution in [0.5, 0.6) is 0 Å². The van der Waals surface area contributed by atoms with Crippen LogP contribution in [-0.4, -0.2) is 38.0 Å². The molecule has 0 bridgehead atoms. The summed E-state index contributed by atoms with van der Waals surface area (Å²) in [6.45, 7) is 6.56. The predicted octanol–water partition coefficient (Wildman–Crippen LogP) is 5.68.